The van der Waals surface area contributed by atoms with Gasteiger partial charge in [-0.25, -0.2) is 0 Å². The van der Waals surface area contributed by atoms with E-state index in [4.69, 9.17) is 9.15 Å². The molecule has 0 aliphatic heterocycles. The van der Waals surface area contributed by atoms with Crippen molar-refractivity contribution in [1.82, 2.24) is 10.6 Å². The van der Waals surface area contributed by atoms with E-state index in [0.717, 1.165) is 19.5 Å². The maximum absolute atomic E-state index is 11.9. The normalized spacial score (nSPS) is 9.88. The summed E-state index contributed by atoms with van der Waals surface area (Å²) in [4.78, 5) is 23.7. The number of furan rings is 1. The van der Waals surface area contributed by atoms with Gasteiger partial charge in [0.1, 0.15) is 5.75 Å². The Morgan fingerprint density at radius 1 is 1.12 bits per heavy atom. The van der Waals surface area contributed by atoms with Crippen LogP contribution in [-0.4, -0.2) is 38.1 Å². The second-order valence-electron chi connectivity index (χ2n) is 5.35. The molecule has 1 aromatic heterocycles. The second-order valence-corrected chi connectivity index (χ2v) is 5.35. The van der Waals surface area contributed by atoms with Crippen LogP contribution in [0.3, 0.4) is 0 Å². The van der Waals surface area contributed by atoms with Gasteiger partial charge in [-0.3, -0.25) is 9.59 Å². The highest BCUT2D eigenvalue weighted by Crippen LogP contribution is 2.18. The maximum Gasteiger partial charge on any atom is 0.291 e. The van der Waals surface area contributed by atoms with Crippen LogP contribution < -0.4 is 20.7 Å². The molecule has 0 unspecified atom stereocenters. The van der Waals surface area contributed by atoms with Gasteiger partial charge >= 0.3 is 0 Å². The van der Waals surface area contributed by atoms with Gasteiger partial charge in [0.2, 0.25) is 0 Å². The topological polar surface area (TPSA) is 92.6 Å². The molecular formula is C18H24ClN3O4. The summed E-state index contributed by atoms with van der Waals surface area (Å²) in [6, 6.07) is 10.1. The van der Waals surface area contributed by atoms with E-state index in [1.54, 1.807) is 36.4 Å². The molecule has 1 heterocycles. The quantitative estimate of drug-likeness (QED) is 0.550. The summed E-state index contributed by atoms with van der Waals surface area (Å²) in [5.74, 6) is 0.182. The molecule has 8 heteroatoms. The van der Waals surface area contributed by atoms with Crippen molar-refractivity contribution in [3.63, 3.8) is 0 Å². The monoisotopic (exact) mass is 381 g/mol. The van der Waals surface area contributed by atoms with Crippen molar-refractivity contribution >= 4 is 29.9 Å². The number of hydrogen-bond donors (Lipinski definition) is 3. The lowest BCUT2D eigenvalue weighted by atomic mass is 10.3. The zero-order valence-corrected chi connectivity index (χ0v) is 15.4. The highest BCUT2D eigenvalue weighted by Gasteiger charge is 2.09. The summed E-state index contributed by atoms with van der Waals surface area (Å²) in [6.45, 7) is 4.23. The van der Waals surface area contributed by atoms with Gasteiger partial charge in [0.15, 0.2) is 12.4 Å². The van der Waals surface area contributed by atoms with Gasteiger partial charge in [-0.15, -0.1) is 12.4 Å². The Labute approximate surface area is 158 Å². The van der Waals surface area contributed by atoms with Crippen molar-refractivity contribution in [2.45, 2.75) is 13.3 Å². The summed E-state index contributed by atoms with van der Waals surface area (Å²) >= 11 is 0. The number of benzene rings is 1. The van der Waals surface area contributed by atoms with Crippen LogP contribution in [-0.2, 0) is 4.79 Å². The molecule has 0 atom stereocenters. The molecule has 0 bridgehead atoms. The number of carbonyl (C=O) groups is 2. The fourth-order valence-corrected chi connectivity index (χ4v) is 2.06. The van der Waals surface area contributed by atoms with Gasteiger partial charge in [-0.05, 0) is 37.2 Å². The van der Waals surface area contributed by atoms with Gasteiger partial charge in [0.05, 0.1) is 6.26 Å². The number of anilines is 1. The van der Waals surface area contributed by atoms with Crippen LogP contribution in [0.25, 0.3) is 0 Å². The standard InChI is InChI=1S/C18H23N3O4.ClH/c1-2-8-19-9-10-20-17(22)13-25-15-6-3-5-14(12-15)21-18(23)16-7-4-11-24-16;/h3-7,11-12,19H,2,8-10,13H2,1H3,(H,20,22)(H,21,23);1H. The summed E-state index contributed by atoms with van der Waals surface area (Å²) in [6.07, 6.45) is 2.49. The van der Waals surface area contributed by atoms with Crippen LogP contribution in [0, 0.1) is 0 Å². The third kappa shape index (κ3) is 7.58. The number of ether oxygens (including phenoxy) is 1. The third-order valence-electron chi connectivity index (χ3n) is 3.26. The molecule has 2 amide bonds. The Morgan fingerprint density at radius 2 is 1.96 bits per heavy atom. The SMILES string of the molecule is CCCNCCNC(=O)COc1cccc(NC(=O)c2ccco2)c1.Cl. The number of carbonyl (C=O) groups excluding carboxylic acids is 2. The lowest BCUT2D eigenvalue weighted by molar-refractivity contribution is -0.123. The molecule has 2 aromatic rings. The van der Waals surface area contributed by atoms with Crippen molar-refractivity contribution in [3.8, 4) is 5.75 Å². The zero-order valence-electron chi connectivity index (χ0n) is 14.6. The molecule has 2 rings (SSSR count). The van der Waals surface area contributed by atoms with Crippen molar-refractivity contribution in [2.75, 3.05) is 31.6 Å². The van der Waals surface area contributed by atoms with Crippen molar-refractivity contribution < 1.29 is 18.7 Å². The van der Waals surface area contributed by atoms with E-state index < -0.39 is 0 Å². The summed E-state index contributed by atoms with van der Waals surface area (Å²) in [7, 11) is 0. The van der Waals surface area contributed by atoms with Gasteiger partial charge in [-0.1, -0.05) is 13.0 Å². The molecule has 142 valence electrons. The summed E-state index contributed by atoms with van der Waals surface area (Å²) < 4.78 is 10.5. The molecule has 0 radical (unpaired) electrons. The molecule has 7 nitrogen and oxygen atoms in total. The van der Waals surface area contributed by atoms with Gasteiger partial charge in [0.25, 0.3) is 11.8 Å². The van der Waals surface area contributed by atoms with E-state index in [1.807, 2.05) is 0 Å². The average molecular weight is 382 g/mol. The minimum atomic E-state index is -0.348. The molecule has 26 heavy (non-hydrogen) atoms. The first kappa shape index (κ1) is 21.5. The van der Waals surface area contributed by atoms with Crippen molar-refractivity contribution in [3.05, 3.63) is 48.4 Å². The zero-order chi connectivity index (χ0) is 17.9. The number of nitrogens with one attached hydrogen (secondary N) is 3. The maximum atomic E-state index is 11.9. The van der Waals surface area contributed by atoms with Crippen molar-refractivity contribution in [2.24, 2.45) is 0 Å². The fraction of sp³-hybridized carbons (Fsp3) is 0.333. The van der Waals surface area contributed by atoms with E-state index in [-0.39, 0.29) is 36.6 Å². The minimum absolute atomic E-state index is 0. The molecule has 0 fully saturated rings. The van der Waals surface area contributed by atoms with Crippen LogP contribution in [0.1, 0.15) is 23.9 Å². The van der Waals surface area contributed by atoms with E-state index in [9.17, 15) is 9.59 Å². The predicted octanol–water partition coefficient (Wildman–Crippen LogP) is 2.45. The van der Waals surface area contributed by atoms with E-state index >= 15 is 0 Å². The Kier molecular flexibility index (Phi) is 9.89. The Bertz CT molecular complexity index is 677. The van der Waals surface area contributed by atoms with Crippen LogP contribution >= 0.6 is 12.4 Å². The van der Waals surface area contributed by atoms with E-state index in [2.05, 4.69) is 22.9 Å². The van der Waals surface area contributed by atoms with Crippen molar-refractivity contribution in [1.29, 1.82) is 0 Å². The molecule has 3 N–H and O–H groups in total. The summed E-state index contributed by atoms with van der Waals surface area (Å²) in [5, 5.41) is 8.67. The average Bonchev–Trinajstić information content (AvgIpc) is 3.15. The molecular weight excluding hydrogens is 358 g/mol. The first-order chi connectivity index (χ1) is 12.2. The molecule has 1 aromatic carbocycles. The lowest BCUT2D eigenvalue weighted by Crippen LogP contribution is -2.35. The number of rotatable bonds is 10. The van der Waals surface area contributed by atoms with Crippen LogP contribution in [0.2, 0.25) is 0 Å². The van der Waals surface area contributed by atoms with Gasteiger partial charge in [0, 0.05) is 24.8 Å². The molecule has 0 aliphatic rings. The Hall–Kier alpha value is -2.51. The highest BCUT2D eigenvalue weighted by atomic mass is 35.5. The largest absolute Gasteiger partial charge is 0.484 e. The molecule has 0 saturated carbocycles. The van der Waals surface area contributed by atoms with Crippen LogP contribution in [0.5, 0.6) is 5.75 Å². The molecule has 0 aliphatic carbocycles. The Morgan fingerprint density at radius 3 is 2.69 bits per heavy atom. The van der Waals surface area contributed by atoms with Gasteiger partial charge in [-0.2, -0.15) is 0 Å². The lowest BCUT2D eigenvalue weighted by Gasteiger charge is -2.09. The van der Waals surface area contributed by atoms with Gasteiger partial charge < -0.3 is 25.1 Å². The predicted molar refractivity (Wildman–Crippen MR) is 102 cm³/mol. The van der Waals surface area contributed by atoms with E-state index in [1.165, 1.54) is 6.26 Å². The smallest absolute Gasteiger partial charge is 0.291 e. The first-order valence-electron chi connectivity index (χ1n) is 8.24. The third-order valence-corrected chi connectivity index (χ3v) is 3.26. The van der Waals surface area contributed by atoms with Crippen LogP contribution in [0.15, 0.2) is 47.1 Å². The number of amides is 2. The fourth-order valence-electron chi connectivity index (χ4n) is 2.06. The van der Waals surface area contributed by atoms with E-state index in [0.29, 0.717) is 18.0 Å². The summed E-state index contributed by atoms with van der Waals surface area (Å²) in [5.41, 5.74) is 0.558. The Balaban J connectivity index is 0.00000338. The highest BCUT2D eigenvalue weighted by molar-refractivity contribution is 6.02. The van der Waals surface area contributed by atoms with Crippen LogP contribution in [0.4, 0.5) is 5.69 Å². The number of halogens is 1. The molecule has 0 saturated heterocycles. The molecule has 0 spiro atoms. The first-order valence-corrected chi connectivity index (χ1v) is 8.24. The number of hydrogen-bond acceptors (Lipinski definition) is 5. The minimum Gasteiger partial charge on any atom is -0.484 e. The second kappa shape index (κ2) is 11.9.